The number of carboxylic acids is 1. The Bertz CT molecular complexity index is 376. The van der Waals surface area contributed by atoms with E-state index in [0.29, 0.717) is 17.9 Å². The van der Waals surface area contributed by atoms with E-state index in [2.05, 4.69) is 5.32 Å². The molecule has 4 nitrogen and oxygen atoms in total. The molecule has 0 saturated carbocycles. The summed E-state index contributed by atoms with van der Waals surface area (Å²) in [5.74, 6) is -0.228. The van der Waals surface area contributed by atoms with Crippen molar-refractivity contribution in [2.24, 2.45) is 0 Å². The maximum Gasteiger partial charge on any atom is 0.313 e. The molecule has 1 aromatic heterocycles. The first kappa shape index (κ1) is 13.1. The number of thiophene rings is 1. The molecule has 2 N–H and O–H groups in total. The third-order valence-electron chi connectivity index (χ3n) is 1.86. The summed E-state index contributed by atoms with van der Waals surface area (Å²) in [6.45, 7) is 2.39. The van der Waals surface area contributed by atoms with Gasteiger partial charge in [0.05, 0.1) is 11.3 Å². The minimum atomic E-state index is -0.829. The molecular weight excluding hydrogens is 246 g/mol. The molecule has 0 spiro atoms. The molecule has 1 rings (SSSR count). The summed E-state index contributed by atoms with van der Waals surface area (Å²) in [4.78, 5) is 21.8. The second-order valence-electron chi connectivity index (χ2n) is 3.17. The molecule has 0 bridgehead atoms. The number of carboxylic acid groups (broad SMARTS) is 1. The molecular formula is C10H13NO3S2. The molecule has 1 heterocycles. The number of carbonyl (C=O) groups excluding carboxylic acids is 1. The lowest BCUT2D eigenvalue weighted by Crippen LogP contribution is -2.26. The molecule has 0 radical (unpaired) electrons. The van der Waals surface area contributed by atoms with Gasteiger partial charge in [-0.3, -0.25) is 9.59 Å². The Morgan fingerprint density at radius 3 is 2.81 bits per heavy atom. The van der Waals surface area contributed by atoms with Crippen LogP contribution in [0.4, 0.5) is 0 Å². The summed E-state index contributed by atoms with van der Waals surface area (Å²) < 4.78 is 0. The van der Waals surface area contributed by atoms with Gasteiger partial charge in [-0.25, -0.2) is 0 Å². The number of aryl methyl sites for hydroxylation is 1. The highest BCUT2D eigenvalue weighted by Gasteiger charge is 2.08. The number of amides is 1. The minimum absolute atomic E-state index is 0.0767. The van der Waals surface area contributed by atoms with Gasteiger partial charge in [0.1, 0.15) is 0 Å². The van der Waals surface area contributed by atoms with Crippen LogP contribution in [0.15, 0.2) is 10.8 Å². The van der Waals surface area contributed by atoms with Crippen molar-refractivity contribution in [2.75, 3.05) is 18.1 Å². The molecule has 0 aliphatic rings. The SMILES string of the molecule is Cc1cscc1C(=O)NCCSCC(=O)O. The fourth-order valence-electron chi connectivity index (χ4n) is 1.08. The van der Waals surface area contributed by atoms with Crippen LogP contribution < -0.4 is 5.32 Å². The molecule has 1 aromatic rings. The van der Waals surface area contributed by atoms with E-state index in [-0.39, 0.29) is 11.7 Å². The van der Waals surface area contributed by atoms with Crippen molar-refractivity contribution in [1.29, 1.82) is 0 Å². The number of aliphatic carboxylic acids is 1. The van der Waals surface area contributed by atoms with E-state index >= 15 is 0 Å². The predicted octanol–water partition coefficient (Wildman–Crippen LogP) is 1.60. The first-order valence-electron chi connectivity index (χ1n) is 4.72. The van der Waals surface area contributed by atoms with Crippen molar-refractivity contribution in [3.8, 4) is 0 Å². The third kappa shape index (κ3) is 4.24. The number of rotatable bonds is 6. The van der Waals surface area contributed by atoms with Gasteiger partial charge < -0.3 is 10.4 Å². The van der Waals surface area contributed by atoms with Crippen molar-refractivity contribution in [1.82, 2.24) is 5.32 Å². The minimum Gasteiger partial charge on any atom is -0.481 e. The molecule has 0 unspecified atom stereocenters. The van der Waals surface area contributed by atoms with E-state index in [1.807, 2.05) is 17.7 Å². The molecule has 0 aliphatic heterocycles. The number of thioether (sulfide) groups is 1. The molecule has 0 aliphatic carbocycles. The molecule has 16 heavy (non-hydrogen) atoms. The summed E-state index contributed by atoms with van der Waals surface area (Å²) in [6.07, 6.45) is 0. The molecule has 0 atom stereocenters. The van der Waals surface area contributed by atoms with Crippen LogP contribution in [-0.4, -0.2) is 35.0 Å². The Hall–Kier alpha value is -1.01. The van der Waals surface area contributed by atoms with Gasteiger partial charge in [-0.2, -0.15) is 11.3 Å². The van der Waals surface area contributed by atoms with Gasteiger partial charge in [-0.15, -0.1) is 11.8 Å². The van der Waals surface area contributed by atoms with Gasteiger partial charge >= 0.3 is 5.97 Å². The van der Waals surface area contributed by atoms with Gasteiger partial charge in [-0.05, 0) is 17.9 Å². The summed E-state index contributed by atoms with van der Waals surface area (Å²) >= 11 is 2.79. The Labute approximate surface area is 102 Å². The van der Waals surface area contributed by atoms with Gasteiger partial charge in [-0.1, -0.05) is 0 Å². The maximum absolute atomic E-state index is 11.6. The molecule has 0 fully saturated rings. The third-order valence-corrected chi connectivity index (χ3v) is 3.66. The van der Waals surface area contributed by atoms with Crippen LogP contribution >= 0.6 is 23.1 Å². The zero-order chi connectivity index (χ0) is 12.0. The van der Waals surface area contributed by atoms with E-state index in [9.17, 15) is 9.59 Å². The first-order chi connectivity index (χ1) is 7.61. The van der Waals surface area contributed by atoms with Gasteiger partial charge in [0, 0.05) is 17.7 Å². The predicted molar refractivity (Wildman–Crippen MR) is 66.4 cm³/mol. The van der Waals surface area contributed by atoms with Crippen molar-refractivity contribution in [3.63, 3.8) is 0 Å². The van der Waals surface area contributed by atoms with Crippen molar-refractivity contribution >= 4 is 35.0 Å². The molecule has 0 aromatic carbocycles. The van der Waals surface area contributed by atoms with E-state index < -0.39 is 5.97 Å². The van der Waals surface area contributed by atoms with E-state index in [0.717, 1.165) is 5.56 Å². The van der Waals surface area contributed by atoms with Crippen LogP contribution in [0.3, 0.4) is 0 Å². The highest BCUT2D eigenvalue weighted by molar-refractivity contribution is 7.99. The van der Waals surface area contributed by atoms with Crippen LogP contribution in [0.25, 0.3) is 0 Å². The van der Waals surface area contributed by atoms with Crippen molar-refractivity contribution < 1.29 is 14.7 Å². The Morgan fingerprint density at radius 2 is 2.25 bits per heavy atom. The lowest BCUT2D eigenvalue weighted by atomic mass is 10.2. The molecule has 6 heteroatoms. The van der Waals surface area contributed by atoms with E-state index in [1.54, 1.807) is 0 Å². The molecule has 88 valence electrons. The van der Waals surface area contributed by atoms with Gasteiger partial charge in [0.2, 0.25) is 0 Å². The van der Waals surface area contributed by atoms with Crippen molar-refractivity contribution in [3.05, 3.63) is 21.9 Å². The zero-order valence-electron chi connectivity index (χ0n) is 8.86. The second kappa shape index (κ2) is 6.55. The van der Waals surface area contributed by atoms with Gasteiger partial charge in [0.15, 0.2) is 0 Å². The van der Waals surface area contributed by atoms with Crippen LogP contribution in [0.2, 0.25) is 0 Å². The van der Waals surface area contributed by atoms with Crippen LogP contribution in [0, 0.1) is 6.92 Å². The summed E-state index contributed by atoms with van der Waals surface area (Å²) in [6, 6.07) is 0. The monoisotopic (exact) mass is 259 g/mol. The first-order valence-corrected chi connectivity index (χ1v) is 6.81. The number of hydrogen-bond donors (Lipinski definition) is 2. The quantitative estimate of drug-likeness (QED) is 0.762. The summed E-state index contributed by atoms with van der Waals surface area (Å²) in [5, 5.41) is 14.9. The van der Waals surface area contributed by atoms with Gasteiger partial charge in [0.25, 0.3) is 5.91 Å². The van der Waals surface area contributed by atoms with E-state index in [1.165, 1.54) is 23.1 Å². The smallest absolute Gasteiger partial charge is 0.313 e. The summed E-state index contributed by atoms with van der Waals surface area (Å²) in [5.41, 5.74) is 1.67. The second-order valence-corrected chi connectivity index (χ2v) is 5.02. The Kier molecular flexibility index (Phi) is 5.34. The molecule has 0 saturated heterocycles. The highest BCUT2D eigenvalue weighted by atomic mass is 32.2. The normalized spacial score (nSPS) is 10.1. The largest absolute Gasteiger partial charge is 0.481 e. The lowest BCUT2D eigenvalue weighted by Gasteiger charge is -2.03. The average molecular weight is 259 g/mol. The Balaban J connectivity index is 2.21. The Morgan fingerprint density at radius 1 is 1.50 bits per heavy atom. The maximum atomic E-state index is 11.6. The summed E-state index contributed by atoms with van der Waals surface area (Å²) in [7, 11) is 0. The fourth-order valence-corrected chi connectivity index (χ4v) is 2.48. The van der Waals surface area contributed by atoms with Crippen LogP contribution in [-0.2, 0) is 4.79 Å². The fraction of sp³-hybridized carbons (Fsp3) is 0.400. The number of nitrogens with one attached hydrogen (secondary N) is 1. The lowest BCUT2D eigenvalue weighted by molar-refractivity contribution is -0.133. The molecule has 1 amide bonds. The van der Waals surface area contributed by atoms with Crippen LogP contribution in [0.5, 0.6) is 0 Å². The van der Waals surface area contributed by atoms with Crippen molar-refractivity contribution in [2.45, 2.75) is 6.92 Å². The standard InChI is InChI=1S/C10H13NO3S2/c1-7-4-16-5-8(7)10(14)11-2-3-15-6-9(12)13/h4-5H,2-3,6H2,1H3,(H,11,14)(H,12,13). The highest BCUT2D eigenvalue weighted by Crippen LogP contribution is 2.13. The van der Waals surface area contributed by atoms with Crippen LogP contribution in [0.1, 0.15) is 15.9 Å². The number of hydrogen-bond acceptors (Lipinski definition) is 4. The zero-order valence-corrected chi connectivity index (χ0v) is 10.5. The number of carbonyl (C=O) groups is 2. The topological polar surface area (TPSA) is 66.4 Å². The average Bonchev–Trinajstić information content (AvgIpc) is 2.63. The van der Waals surface area contributed by atoms with E-state index in [4.69, 9.17) is 5.11 Å².